The Morgan fingerprint density at radius 3 is 2.74 bits per heavy atom. The van der Waals surface area contributed by atoms with E-state index in [0.29, 0.717) is 23.9 Å². The summed E-state index contributed by atoms with van der Waals surface area (Å²) >= 11 is 3.24. The third-order valence-corrected chi connectivity index (χ3v) is 6.49. The van der Waals surface area contributed by atoms with Crippen molar-refractivity contribution in [1.82, 2.24) is 9.88 Å². The number of hydrogen-bond acceptors (Lipinski definition) is 5. The van der Waals surface area contributed by atoms with E-state index >= 15 is 0 Å². The van der Waals surface area contributed by atoms with Gasteiger partial charge >= 0.3 is 6.09 Å². The summed E-state index contributed by atoms with van der Waals surface area (Å²) in [6, 6.07) is 3.31. The second-order valence-corrected chi connectivity index (χ2v) is 9.52. The SMILES string of the molecule is CC(C)(C)OC(=O)N1CCCC(S(=O)(=O)c2ncccc2Br)C1. The average Bonchev–Trinajstić information content (AvgIpc) is 2.46. The van der Waals surface area contributed by atoms with Crippen LogP contribution in [0.2, 0.25) is 0 Å². The van der Waals surface area contributed by atoms with Crippen molar-refractivity contribution in [2.75, 3.05) is 13.1 Å². The van der Waals surface area contributed by atoms with Crippen LogP contribution in [0.5, 0.6) is 0 Å². The number of rotatable bonds is 2. The fourth-order valence-electron chi connectivity index (χ4n) is 2.42. The first-order valence-electron chi connectivity index (χ1n) is 7.43. The van der Waals surface area contributed by atoms with Crippen LogP contribution in [-0.2, 0) is 14.6 Å². The molecule has 0 radical (unpaired) electrons. The molecule has 1 aromatic heterocycles. The van der Waals surface area contributed by atoms with Crippen molar-refractivity contribution in [3.63, 3.8) is 0 Å². The van der Waals surface area contributed by atoms with Gasteiger partial charge in [0.25, 0.3) is 0 Å². The number of halogens is 1. The predicted molar refractivity (Wildman–Crippen MR) is 90.0 cm³/mol. The molecule has 0 aliphatic carbocycles. The van der Waals surface area contributed by atoms with Crippen LogP contribution < -0.4 is 0 Å². The van der Waals surface area contributed by atoms with Crippen LogP contribution in [0.15, 0.2) is 27.8 Å². The fraction of sp³-hybridized carbons (Fsp3) is 0.600. The van der Waals surface area contributed by atoms with Gasteiger partial charge in [0.2, 0.25) is 9.84 Å². The first kappa shape index (κ1) is 18.2. The molecule has 1 amide bonds. The van der Waals surface area contributed by atoms with Crippen molar-refractivity contribution >= 4 is 31.9 Å². The number of likely N-dealkylation sites (tertiary alicyclic amines) is 1. The summed E-state index contributed by atoms with van der Waals surface area (Å²) in [5, 5.41) is -0.647. The van der Waals surface area contributed by atoms with Gasteiger partial charge in [-0.1, -0.05) is 0 Å². The van der Waals surface area contributed by atoms with Crippen molar-refractivity contribution in [3.05, 3.63) is 22.8 Å². The molecule has 0 saturated carbocycles. The number of pyridine rings is 1. The molecule has 8 heteroatoms. The Hall–Kier alpha value is -1.15. The maximum Gasteiger partial charge on any atom is 0.410 e. The van der Waals surface area contributed by atoms with Crippen LogP contribution in [0.3, 0.4) is 0 Å². The molecule has 6 nitrogen and oxygen atoms in total. The number of nitrogens with zero attached hydrogens (tertiary/aromatic N) is 2. The lowest BCUT2D eigenvalue weighted by Crippen LogP contribution is -2.47. The van der Waals surface area contributed by atoms with E-state index in [-0.39, 0.29) is 11.6 Å². The third kappa shape index (κ3) is 4.44. The topological polar surface area (TPSA) is 76.6 Å². The summed E-state index contributed by atoms with van der Waals surface area (Å²) in [4.78, 5) is 17.6. The van der Waals surface area contributed by atoms with Gasteiger partial charge in [0, 0.05) is 19.3 Å². The molecule has 1 atom stereocenters. The number of amides is 1. The molecule has 23 heavy (non-hydrogen) atoms. The van der Waals surface area contributed by atoms with Gasteiger partial charge in [0.15, 0.2) is 5.03 Å². The maximum absolute atomic E-state index is 12.8. The summed E-state index contributed by atoms with van der Waals surface area (Å²) in [6.07, 6.45) is 2.10. The van der Waals surface area contributed by atoms with Crippen molar-refractivity contribution in [3.8, 4) is 0 Å². The quantitative estimate of drug-likeness (QED) is 0.756. The molecule has 0 aromatic carbocycles. The van der Waals surface area contributed by atoms with Crippen LogP contribution in [0.4, 0.5) is 4.79 Å². The Morgan fingerprint density at radius 2 is 2.13 bits per heavy atom. The van der Waals surface area contributed by atoms with Crippen LogP contribution >= 0.6 is 15.9 Å². The zero-order valence-electron chi connectivity index (χ0n) is 13.5. The molecule has 1 unspecified atom stereocenters. The number of carbonyl (C=O) groups excluding carboxylic acids is 1. The van der Waals surface area contributed by atoms with Crippen LogP contribution in [-0.4, -0.2) is 48.3 Å². The molecule has 2 heterocycles. The van der Waals surface area contributed by atoms with Crippen LogP contribution in [0, 0.1) is 0 Å². The Kier molecular flexibility index (Phi) is 5.35. The summed E-state index contributed by atoms with van der Waals surface area (Å²) in [6.45, 7) is 5.99. The third-order valence-electron chi connectivity index (χ3n) is 3.46. The van der Waals surface area contributed by atoms with E-state index in [4.69, 9.17) is 4.74 Å². The molecule has 1 aliphatic heterocycles. The Labute approximate surface area is 145 Å². The lowest BCUT2D eigenvalue weighted by molar-refractivity contribution is 0.0219. The average molecular weight is 405 g/mol. The molecule has 1 saturated heterocycles. The highest BCUT2D eigenvalue weighted by Crippen LogP contribution is 2.28. The molecule has 0 spiro atoms. The normalized spacial score (nSPS) is 19.5. The minimum Gasteiger partial charge on any atom is -0.444 e. The molecular weight excluding hydrogens is 384 g/mol. The van der Waals surface area contributed by atoms with Gasteiger partial charge in [-0.3, -0.25) is 0 Å². The second kappa shape index (κ2) is 6.76. The highest BCUT2D eigenvalue weighted by molar-refractivity contribution is 9.10. The highest BCUT2D eigenvalue weighted by Gasteiger charge is 2.36. The van der Waals surface area contributed by atoms with Crippen LogP contribution in [0.1, 0.15) is 33.6 Å². The fourth-order valence-corrected chi connectivity index (χ4v) is 5.07. The van der Waals surface area contributed by atoms with E-state index in [1.165, 1.54) is 11.1 Å². The summed E-state index contributed by atoms with van der Waals surface area (Å²) in [5.41, 5.74) is -0.604. The number of aromatic nitrogens is 1. The largest absolute Gasteiger partial charge is 0.444 e. The molecular formula is C15H21BrN2O4S. The standard InChI is InChI=1S/C15H21BrN2O4S/c1-15(2,3)22-14(19)18-9-5-6-11(10-18)23(20,21)13-12(16)7-4-8-17-13/h4,7-8,11H,5-6,9-10H2,1-3H3. The zero-order valence-corrected chi connectivity index (χ0v) is 15.9. The van der Waals surface area contributed by atoms with E-state index in [9.17, 15) is 13.2 Å². The number of hydrogen-bond donors (Lipinski definition) is 0. The molecule has 128 valence electrons. The number of piperidine rings is 1. The Bertz CT molecular complexity index is 685. The van der Waals surface area contributed by atoms with Gasteiger partial charge in [-0.2, -0.15) is 0 Å². The minimum absolute atomic E-state index is 0.0241. The monoisotopic (exact) mass is 404 g/mol. The Morgan fingerprint density at radius 1 is 1.43 bits per heavy atom. The van der Waals surface area contributed by atoms with Gasteiger partial charge in [-0.25, -0.2) is 18.2 Å². The van der Waals surface area contributed by atoms with Gasteiger partial charge in [-0.05, 0) is 61.7 Å². The molecule has 1 aliphatic rings. The smallest absolute Gasteiger partial charge is 0.410 e. The molecule has 2 rings (SSSR count). The lowest BCUT2D eigenvalue weighted by atomic mass is 10.1. The number of sulfone groups is 1. The van der Waals surface area contributed by atoms with Crippen molar-refractivity contribution in [1.29, 1.82) is 0 Å². The second-order valence-electron chi connectivity index (χ2n) is 6.53. The lowest BCUT2D eigenvalue weighted by Gasteiger charge is -2.33. The molecule has 1 aromatic rings. The maximum atomic E-state index is 12.8. The van der Waals surface area contributed by atoms with Crippen LogP contribution in [0.25, 0.3) is 0 Å². The summed E-state index contributed by atoms with van der Waals surface area (Å²) < 4.78 is 31.4. The van der Waals surface area contributed by atoms with Gasteiger partial charge in [0.1, 0.15) is 5.60 Å². The minimum atomic E-state index is -3.61. The summed E-state index contributed by atoms with van der Waals surface area (Å²) in [7, 11) is -3.61. The predicted octanol–water partition coefficient (Wildman–Crippen LogP) is 3.02. The van der Waals surface area contributed by atoms with Gasteiger partial charge in [-0.15, -0.1) is 0 Å². The molecule has 0 N–H and O–H groups in total. The Balaban J connectivity index is 2.18. The van der Waals surface area contributed by atoms with Crippen molar-refractivity contribution in [2.45, 2.75) is 49.5 Å². The first-order chi connectivity index (χ1) is 10.6. The summed E-state index contributed by atoms with van der Waals surface area (Å²) in [5.74, 6) is 0. The van der Waals surface area contributed by atoms with E-state index in [0.717, 1.165) is 0 Å². The highest BCUT2D eigenvalue weighted by atomic mass is 79.9. The molecule has 1 fully saturated rings. The van der Waals surface area contributed by atoms with Gasteiger partial charge < -0.3 is 9.64 Å². The van der Waals surface area contributed by atoms with E-state index in [1.807, 2.05) is 0 Å². The number of ether oxygens (including phenoxy) is 1. The van der Waals surface area contributed by atoms with Crippen molar-refractivity contribution < 1.29 is 17.9 Å². The van der Waals surface area contributed by atoms with Crippen molar-refractivity contribution in [2.24, 2.45) is 0 Å². The number of carbonyl (C=O) groups is 1. The van der Waals surface area contributed by atoms with E-state index < -0.39 is 26.8 Å². The van der Waals surface area contributed by atoms with E-state index in [1.54, 1.807) is 32.9 Å². The van der Waals surface area contributed by atoms with Gasteiger partial charge in [0.05, 0.1) is 9.72 Å². The zero-order chi connectivity index (χ0) is 17.3. The van der Waals surface area contributed by atoms with E-state index in [2.05, 4.69) is 20.9 Å². The first-order valence-corrected chi connectivity index (χ1v) is 9.77. The molecule has 0 bridgehead atoms.